The van der Waals surface area contributed by atoms with Gasteiger partial charge in [-0.15, -0.1) is 0 Å². The third-order valence-corrected chi connectivity index (χ3v) is 5.21. The molecule has 0 bridgehead atoms. The minimum absolute atomic E-state index is 0.214. The molecule has 0 aliphatic carbocycles. The molecular weight excluding hydrogens is 438 g/mol. The van der Waals surface area contributed by atoms with Gasteiger partial charge in [0, 0.05) is 12.2 Å². The van der Waals surface area contributed by atoms with Crippen LogP contribution in [-0.4, -0.2) is 46.5 Å². The highest BCUT2D eigenvalue weighted by molar-refractivity contribution is 7.89. The lowest BCUT2D eigenvalue weighted by Gasteiger charge is -2.09. The molecule has 0 unspecified atom stereocenters. The van der Waals surface area contributed by atoms with Gasteiger partial charge in [-0.1, -0.05) is 6.07 Å². The van der Waals surface area contributed by atoms with Crippen LogP contribution in [-0.2, 0) is 29.1 Å². The number of hydrogen-bond donors (Lipinski definition) is 2. The quantitative estimate of drug-likeness (QED) is 0.549. The SMILES string of the molecule is COC(=O)c1cccc(NC(=O)COC(=O)CCNS(=O)(=O)c2ccc(F)c(F)c2)c1. The van der Waals surface area contributed by atoms with Crippen LogP contribution < -0.4 is 10.0 Å². The van der Waals surface area contributed by atoms with E-state index in [0.29, 0.717) is 12.1 Å². The molecule has 12 heteroatoms. The van der Waals surface area contributed by atoms with Gasteiger partial charge in [-0.2, -0.15) is 0 Å². The molecule has 2 aromatic rings. The van der Waals surface area contributed by atoms with Gasteiger partial charge in [0.05, 0.1) is 24.0 Å². The zero-order chi connectivity index (χ0) is 23.0. The molecular formula is C19H18F2N2O7S. The van der Waals surface area contributed by atoms with Gasteiger partial charge in [-0.05, 0) is 36.4 Å². The van der Waals surface area contributed by atoms with Gasteiger partial charge < -0.3 is 14.8 Å². The maximum absolute atomic E-state index is 13.2. The van der Waals surface area contributed by atoms with E-state index >= 15 is 0 Å². The number of anilines is 1. The van der Waals surface area contributed by atoms with Crippen molar-refractivity contribution in [1.82, 2.24) is 4.72 Å². The molecule has 0 spiro atoms. The highest BCUT2D eigenvalue weighted by Gasteiger charge is 2.17. The highest BCUT2D eigenvalue weighted by atomic mass is 32.2. The van der Waals surface area contributed by atoms with E-state index in [0.717, 1.165) is 6.07 Å². The summed E-state index contributed by atoms with van der Waals surface area (Å²) < 4.78 is 61.4. The van der Waals surface area contributed by atoms with Crippen molar-refractivity contribution >= 4 is 33.6 Å². The molecule has 0 saturated heterocycles. The molecule has 166 valence electrons. The number of amides is 1. The molecule has 0 atom stereocenters. The summed E-state index contributed by atoms with van der Waals surface area (Å²) in [6.45, 7) is -1.03. The van der Waals surface area contributed by atoms with Crippen molar-refractivity contribution in [3.63, 3.8) is 0 Å². The third kappa shape index (κ3) is 7.12. The molecule has 0 heterocycles. The predicted molar refractivity (Wildman–Crippen MR) is 104 cm³/mol. The molecule has 31 heavy (non-hydrogen) atoms. The normalized spacial score (nSPS) is 10.9. The summed E-state index contributed by atoms with van der Waals surface area (Å²) in [5.41, 5.74) is 0.494. The first-order valence-corrected chi connectivity index (χ1v) is 10.2. The first kappa shape index (κ1) is 23.9. The minimum atomic E-state index is -4.16. The first-order chi connectivity index (χ1) is 14.6. The summed E-state index contributed by atoms with van der Waals surface area (Å²) >= 11 is 0. The number of carbonyl (C=O) groups excluding carboxylic acids is 3. The van der Waals surface area contributed by atoms with E-state index in [1.54, 1.807) is 0 Å². The van der Waals surface area contributed by atoms with Gasteiger partial charge in [0.2, 0.25) is 10.0 Å². The average molecular weight is 456 g/mol. The van der Waals surface area contributed by atoms with Crippen LogP contribution in [0.15, 0.2) is 47.4 Å². The van der Waals surface area contributed by atoms with Gasteiger partial charge in [0.15, 0.2) is 18.2 Å². The van der Waals surface area contributed by atoms with Gasteiger partial charge in [-0.25, -0.2) is 26.7 Å². The molecule has 0 aromatic heterocycles. The average Bonchev–Trinajstić information content (AvgIpc) is 2.73. The first-order valence-electron chi connectivity index (χ1n) is 8.71. The number of hydrogen-bond acceptors (Lipinski definition) is 7. The zero-order valence-electron chi connectivity index (χ0n) is 16.2. The number of esters is 2. The molecule has 2 rings (SSSR count). The Morgan fingerprint density at radius 3 is 2.45 bits per heavy atom. The summed E-state index contributed by atoms with van der Waals surface area (Å²) in [7, 11) is -2.95. The summed E-state index contributed by atoms with van der Waals surface area (Å²) in [4.78, 5) is 34.5. The van der Waals surface area contributed by atoms with Crippen molar-refractivity contribution < 1.29 is 41.1 Å². The van der Waals surface area contributed by atoms with Gasteiger partial charge in [-0.3, -0.25) is 9.59 Å². The smallest absolute Gasteiger partial charge is 0.337 e. The number of rotatable bonds is 9. The van der Waals surface area contributed by atoms with Crippen molar-refractivity contribution in [2.24, 2.45) is 0 Å². The molecule has 9 nitrogen and oxygen atoms in total. The summed E-state index contributed by atoms with van der Waals surface area (Å²) in [5, 5.41) is 2.43. The fourth-order valence-corrected chi connectivity index (χ4v) is 3.32. The van der Waals surface area contributed by atoms with E-state index in [2.05, 4.69) is 10.1 Å². The van der Waals surface area contributed by atoms with Gasteiger partial charge >= 0.3 is 11.9 Å². The minimum Gasteiger partial charge on any atom is -0.465 e. The highest BCUT2D eigenvalue weighted by Crippen LogP contribution is 2.14. The molecule has 0 saturated carbocycles. The Hall–Kier alpha value is -3.38. The van der Waals surface area contributed by atoms with Crippen LogP contribution in [0.3, 0.4) is 0 Å². The topological polar surface area (TPSA) is 128 Å². The van der Waals surface area contributed by atoms with Gasteiger partial charge in [0.1, 0.15) is 0 Å². The van der Waals surface area contributed by atoms with E-state index in [1.165, 1.54) is 31.4 Å². The molecule has 0 aliphatic rings. The second-order valence-electron chi connectivity index (χ2n) is 6.00. The van der Waals surface area contributed by atoms with Crippen molar-refractivity contribution in [1.29, 1.82) is 0 Å². The van der Waals surface area contributed by atoms with E-state index < -0.39 is 57.4 Å². The Morgan fingerprint density at radius 2 is 1.77 bits per heavy atom. The van der Waals surface area contributed by atoms with Crippen LogP contribution in [0.25, 0.3) is 0 Å². The summed E-state index contributed by atoms with van der Waals surface area (Å²) in [6, 6.07) is 7.94. The van der Waals surface area contributed by atoms with Crippen molar-refractivity contribution in [3.8, 4) is 0 Å². The van der Waals surface area contributed by atoms with E-state index in [1.807, 2.05) is 4.72 Å². The Balaban J connectivity index is 1.78. The second kappa shape index (κ2) is 10.6. The lowest BCUT2D eigenvalue weighted by Crippen LogP contribution is -2.28. The van der Waals surface area contributed by atoms with E-state index in [-0.39, 0.29) is 17.8 Å². The lowest BCUT2D eigenvalue weighted by atomic mass is 10.2. The van der Waals surface area contributed by atoms with Crippen LogP contribution in [0.5, 0.6) is 0 Å². The third-order valence-electron chi connectivity index (χ3n) is 3.75. The number of nitrogens with one attached hydrogen (secondary N) is 2. The van der Waals surface area contributed by atoms with Crippen molar-refractivity contribution in [3.05, 3.63) is 59.7 Å². The summed E-state index contributed by atoms with van der Waals surface area (Å²) in [6.07, 6.45) is -0.409. The van der Waals surface area contributed by atoms with Crippen LogP contribution in [0.2, 0.25) is 0 Å². The summed E-state index contributed by atoms with van der Waals surface area (Å²) in [5.74, 6) is -4.67. The monoisotopic (exact) mass is 456 g/mol. The maximum atomic E-state index is 13.2. The zero-order valence-corrected chi connectivity index (χ0v) is 17.0. The van der Waals surface area contributed by atoms with Gasteiger partial charge in [0.25, 0.3) is 5.91 Å². The number of halogens is 2. The van der Waals surface area contributed by atoms with Crippen molar-refractivity contribution in [2.45, 2.75) is 11.3 Å². The maximum Gasteiger partial charge on any atom is 0.337 e. The van der Waals surface area contributed by atoms with Crippen molar-refractivity contribution in [2.75, 3.05) is 25.6 Å². The molecule has 2 N–H and O–H groups in total. The predicted octanol–water partition coefficient (Wildman–Crippen LogP) is 1.60. The second-order valence-corrected chi connectivity index (χ2v) is 7.77. The fourth-order valence-electron chi connectivity index (χ4n) is 2.27. The number of methoxy groups -OCH3 is 1. The Labute approximate surface area is 176 Å². The standard InChI is InChI=1S/C19H18F2N2O7S/c1-29-19(26)12-3-2-4-13(9-12)23-17(24)11-30-18(25)7-8-22-31(27,28)14-5-6-15(20)16(21)10-14/h2-6,9-10,22H,7-8,11H2,1H3,(H,23,24). The van der Waals surface area contributed by atoms with Crippen LogP contribution in [0.4, 0.5) is 14.5 Å². The molecule has 0 radical (unpaired) electrons. The Kier molecular flexibility index (Phi) is 8.16. The number of sulfonamides is 1. The Bertz CT molecular complexity index is 1090. The lowest BCUT2D eigenvalue weighted by molar-refractivity contribution is -0.147. The molecule has 2 aromatic carbocycles. The fraction of sp³-hybridized carbons (Fsp3) is 0.211. The Morgan fingerprint density at radius 1 is 1.03 bits per heavy atom. The van der Waals surface area contributed by atoms with E-state index in [9.17, 15) is 31.6 Å². The van der Waals surface area contributed by atoms with Crippen LogP contribution in [0, 0.1) is 11.6 Å². The largest absolute Gasteiger partial charge is 0.465 e. The molecule has 0 aliphatic heterocycles. The number of ether oxygens (including phenoxy) is 2. The van der Waals surface area contributed by atoms with Crippen LogP contribution in [0.1, 0.15) is 16.8 Å². The molecule has 0 fully saturated rings. The number of benzene rings is 2. The van der Waals surface area contributed by atoms with Crippen LogP contribution >= 0.6 is 0 Å². The molecule has 1 amide bonds. The van der Waals surface area contributed by atoms with E-state index in [4.69, 9.17) is 4.74 Å². The number of carbonyl (C=O) groups is 3.